The third-order valence-corrected chi connectivity index (χ3v) is 5.38. The molecule has 0 bridgehead atoms. The monoisotopic (exact) mass is 536 g/mol. The van der Waals surface area contributed by atoms with Crippen molar-refractivity contribution in [2.24, 2.45) is 10.9 Å². The maximum Gasteiger partial charge on any atom is 0.242 e. The summed E-state index contributed by atoms with van der Waals surface area (Å²) in [5.41, 5.74) is 0.957. The average molecular weight is 537 g/mol. The molecule has 2 heterocycles. The fourth-order valence-corrected chi connectivity index (χ4v) is 3.85. The highest BCUT2D eigenvalue weighted by atomic mass is 127. The van der Waals surface area contributed by atoms with E-state index in [1.165, 1.54) is 18.5 Å². The molecule has 2 rings (SSSR count). The number of piperidine rings is 1. The Bertz CT molecular complexity index is 650. The lowest BCUT2D eigenvalue weighted by Crippen LogP contribution is -2.44. The molecule has 3 N–H and O–H groups in total. The third-order valence-electron chi connectivity index (χ3n) is 4.56. The van der Waals surface area contributed by atoms with Gasteiger partial charge in [0.2, 0.25) is 5.91 Å². The van der Waals surface area contributed by atoms with Gasteiger partial charge in [0, 0.05) is 30.6 Å². The van der Waals surface area contributed by atoms with Gasteiger partial charge in [-0.15, -0.1) is 35.3 Å². The summed E-state index contributed by atoms with van der Waals surface area (Å²) >= 11 is 1.72. The third kappa shape index (κ3) is 10.6. The Labute approximate surface area is 196 Å². The Morgan fingerprint density at radius 2 is 2.00 bits per heavy atom. The summed E-state index contributed by atoms with van der Waals surface area (Å²) < 4.78 is 0. The Kier molecular flexibility index (Phi) is 11.4. The molecule has 1 aromatic heterocycles. The first kappa shape index (κ1) is 26.1. The molecule has 166 valence electrons. The molecule has 9 heteroatoms. The fourth-order valence-electron chi connectivity index (χ4n) is 3.25. The molecule has 0 atom stereocenters. The SMILES string of the molecule is CCNC(=NCC(=O)NC(C)(C)C)NCC1CCN(Cc2csc(C)n2)CC1.I. The molecular weight excluding hydrogens is 499 g/mol. The minimum absolute atomic E-state index is 0. The molecule has 1 aliphatic rings. The zero-order chi connectivity index (χ0) is 20.6. The van der Waals surface area contributed by atoms with Gasteiger partial charge in [0.25, 0.3) is 0 Å². The fraction of sp³-hybridized carbons (Fsp3) is 0.750. The van der Waals surface area contributed by atoms with Crippen molar-refractivity contribution in [1.29, 1.82) is 0 Å². The van der Waals surface area contributed by atoms with E-state index in [2.05, 4.69) is 43.1 Å². The van der Waals surface area contributed by atoms with Crippen molar-refractivity contribution in [2.75, 3.05) is 32.7 Å². The van der Waals surface area contributed by atoms with Crippen LogP contribution in [-0.4, -0.2) is 60.0 Å². The number of nitrogens with one attached hydrogen (secondary N) is 3. The molecule has 0 aromatic carbocycles. The number of thiazole rings is 1. The quantitative estimate of drug-likeness (QED) is 0.284. The van der Waals surface area contributed by atoms with E-state index in [4.69, 9.17) is 0 Å². The summed E-state index contributed by atoms with van der Waals surface area (Å²) in [5, 5.41) is 12.9. The van der Waals surface area contributed by atoms with Gasteiger partial charge in [-0.25, -0.2) is 9.98 Å². The number of aliphatic imine (C=N–C) groups is 1. The highest BCUT2D eigenvalue weighted by Gasteiger charge is 2.20. The minimum atomic E-state index is -0.233. The first-order valence-corrected chi connectivity index (χ1v) is 11.1. The molecule has 7 nitrogen and oxygen atoms in total. The van der Waals surface area contributed by atoms with Crippen LogP contribution >= 0.6 is 35.3 Å². The van der Waals surface area contributed by atoms with Crippen LogP contribution in [0.15, 0.2) is 10.4 Å². The van der Waals surface area contributed by atoms with Crippen LogP contribution in [-0.2, 0) is 11.3 Å². The molecule has 29 heavy (non-hydrogen) atoms. The van der Waals surface area contributed by atoms with E-state index in [9.17, 15) is 4.79 Å². The standard InChI is InChI=1S/C20H36N6OS.HI/c1-6-21-19(23-12-18(27)25-20(3,4)5)22-11-16-7-9-26(10-8-16)13-17-14-28-15(2)24-17;/h14,16H,6-13H2,1-5H3,(H,25,27)(H2,21,22,23);1H. The number of aryl methyl sites for hydroxylation is 1. The van der Waals surface area contributed by atoms with Crippen molar-refractivity contribution in [1.82, 2.24) is 25.8 Å². The van der Waals surface area contributed by atoms with E-state index in [0.717, 1.165) is 37.7 Å². The van der Waals surface area contributed by atoms with E-state index < -0.39 is 0 Å². The lowest BCUT2D eigenvalue weighted by molar-refractivity contribution is -0.121. The van der Waals surface area contributed by atoms with Gasteiger partial charge in [-0.05, 0) is 66.5 Å². The van der Waals surface area contributed by atoms with Gasteiger partial charge in [-0.2, -0.15) is 0 Å². The number of halogens is 1. The van der Waals surface area contributed by atoms with Crippen LogP contribution in [0.5, 0.6) is 0 Å². The van der Waals surface area contributed by atoms with Crippen LogP contribution in [0.1, 0.15) is 51.2 Å². The second kappa shape index (κ2) is 12.7. The van der Waals surface area contributed by atoms with Gasteiger partial charge >= 0.3 is 0 Å². The smallest absolute Gasteiger partial charge is 0.242 e. The van der Waals surface area contributed by atoms with Crippen molar-refractivity contribution in [3.8, 4) is 0 Å². The summed E-state index contributed by atoms with van der Waals surface area (Å²) in [6.07, 6.45) is 2.33. The Hall–Kier alpha value is -0.940. The van der Waals surface area contributed by atoms with Crippen LogP contribution in [0, 0.1) is 12.8 Å². The van der Waals surface area contributed by atoms with Crippen LogP contribution in [0.25, 0.3) is 0 Å². The van der Waals surface area contributed by atoms with Crippen molar-refractivity contribution in [3.63, 3.8) is 0 Å². The second-order valence-electron chi connectivity index (χ2n) is 8.45. The van der Waals surface area contributed by atoms with E-state index in [1.54, 1.807) is 11.3 Å². The van der Waals surface area contributed by atoms with Crippen molar-refractivity contribution in [2.45, 2.75) is 59.5 Å². The van der Waals surface area contributed by atoms with E-state index in [1.807, 2.05) is 27.7 Å². The molecule has 0 radical (unpaired) electrons. The maximum atomic E-state index is 12.0. The molecule has 1 saturated heterocycles. The molecule has 0 spiro atoms. The summed E-state index contributed by atoms with van der Waals surface area (Å²) in [6.45, 7) is 15.0. The average Bonchev–Trinajstić information content (AvgIpc) is 3.02. The van der Waals surface area contributed by atoms with E-state index >= 15 is 0 Å². The van der Waals surface area contributed by atoms with Gasteiger partial charge in [0.05, 0.1) is 10.7 Å². The summed E-state index contributed by atoms with van der Waals surface area (Å²) in [6, 6.07) is 0. The number of likely N-dealkylation sites (tertiary alicyclic amines) is 1. The first-order valence-electron chi connectivity index (χ1n) is 10.2. The molecule has 0 unspecified atom stereocenters. The molecule has 1 amide bonds. The van der Waals surface area contributed by atoms with E-state index in [0.29, 0.717) is 11.9 Å². The number of rotatable bonds is 7. The maximum absolute atomic E-state index is 12.0. The number of aromatic nitrogens is 1. The number of nitrogens with zero attached hydrogens (tertiary/aromatic N) is 3. The van der Waals surface area contributed by atoms with Gasteiger partial charge in [-0.1, -0.05) is 0 Å². The molecule has 1 aliphatic heterocycles. The molecule has 1 aromatic rings. The van der Waals surface area contributed by atoms with Crippen molar-refractivity contribution in [3.05, 3.63) is 16.1 Å². The van der Waals surface area contributed by atoms with Gasteiger partial charge < -0.3 is 16.0 Å². The summed E-state index contributed by atoms with van der Waals surface area (Å²) in [7, 11) is 0. The number of carbonyl (C=O) groups excluding carboxylic acids is 1. The number of hydrogen-bond acceptors (Lipinski definition) is 5. The number of carbonyl (C=O) groups is 1. The number of guanidine groups is 1. The number of hydrogen-bond donors (Lipinski definition) is 3. The lowest BCUT2D eigenvalue weighted by Gasteiger charge is -2.31. The Morgan fingerprint density at radius 3 is 2.55 bits per heavy atom. The van der Waals surface area contributed by atoms with Crippen molar-refractivity contribution >= 4 is 47.2 Å². The summed E-state index contributed by atoms with van der Waals surface area (Å²) in [4.78, 5) is 23.5. The summed E-state index contributed by atoms with van der Waals surface area (Å²) in [5.74, 6) is 1.28. The lowest BCUT2D eigenvalue weighted by atomic mass is 9.97. The van der Waals surface area contributed by atoms with E-state index in [-0.39, 0.29) is 42.0 Å². The highest BCUT2D eigenvalue weighted by molar-refractivity contribution is 14.0. The van der Waals surface area contributed by atoms with Crippen LogP contribution in [0.4, 0.5) is 0 Å². The Morgan fingerprint density at radius 1 is 1.31 bits per heavy atom. The molecule has 0 saturated carbocycles. The Balaban J connectivity index is 0.00000420. The molecule has 1 fully saturated rings. The second-order valence-corrected chi connectivity index (χ2v) is 9.51. The molecular formula is C20H37IN6OS. The zero-order valence-electron chi connectivity index (χ0n) is 18.4. The first-order chi connectivity index (χ1) is 13.2. The van der Waals surface area contributed by atoms with Crippen LogP contribution < -0.4 is 16.0 Å². The normalized spacial score (nSPS) is 16.2. The van der Waals surface area contributed by atoms with Crippen LogP contribution in [0.3, 0.4) is 0 Å². The van der Waals surface area contributed by atoms with Gasteiger partial charge in [0.1, 0.15) is 6.54 Å². The highest BCUT2D eigenvalue weighted by Crippen LogP contribution is 2.19. The van der Waals surface area contributed by atoms with Crippen LogP contribution in [0.2, 0.25) is 0 Å². The van der Waals surface area contributed by atoms with Gasteiger partial charge in [0.15, 0.2) is 5.96 Å². The predicted octanol–water partition coefficient (Wildman–Crippen LogP) is 2.75. The largest absolute Gasteiger partial charge is 0.357 e. The van der Waals surface area contributed by atoms with Gasteiger partial charge in [-0.3, -0.25) is 9.69 Å². The minimum Gasteiger partial charge on any atom is -0.357 e. The number of amides is 1. The van der Waals surface area contributed by atoms with Crippen molar-refractivity contribution < 1.29 is 4.79 Å². The predicted molar refractivity (Wildman–Crippen MR) is 132 cm³/mol. The zero-order valence-corrected chi connectivity index (χ0v) is 21.5. The topological polar surface area (TPSA) is 81.6 Å². The molecule has 0 aliphatic carbocycles.